The zero-order chi connectivity index (χ0) is 14.1. The van der Waals surface area contributed by atoms with Crippen LogP contribution < -0.4 is 5.73 Å². The lowest BCUT2D eigenvalue weighted by atomic mass is 10.1. The molecule has 2 aromatic carbocycles. The molecular formula is C15H12BrClN2S. The highest BCUT2D eigenvalue weighted by Gasteiger charge is 2.12. The van der Waals surface area contributed by atoms with Crippen LogP contribution in [0.5, 0.6) is 0 Å². The van der Waals surface area contributed by atoms with Crippen LogP contribution >= 0.6 is 38.9 Å². The van der Waals surface area contributed by atoms with Gasteiger partial charge in [-0.05, 0) is 45.8 Å². The van der Waals surface area contributed by atoms with Gasteiger partial charge in [-0.15, -0.1) is 11.3 Å². The molecule has 3 rings (SSSR count). The number of nitrogens with two attached hydrogens (primary N) is 1. The van der Waals surface area contributed by atoms with Gasteiger partial charge in [0.15, 0.2) is 0 Å². The lowest BCUT2D eigenvalue weighted by Crippen LogP contribution is -2.13. The van der Waals surface area contributed by atoms with Crippen molar-refractivity contribution in [1.29, 1.82) is 0 Å². The van der Waals surface area contributed by atoms with E-state index in [2.05, 4.69) is 27.0 Å². The van der Waals surface area contributed by atoms with E-state index < -0.39 is 0 Å². The second-order valence-corrected chi connectivity index (χ2v) is 6.94. The summed E-state index contributed by atoms with van der Waals surface area (Å²) in [5.74, 6) is 0. The fourth-order valence-electron chi connectivity index (χ4n) is 2.06. The van der Waals surface area contributed by atoms with Crippen LogP contribution in [-0.4, -0.2) is 4.98 Å². The van der Waals surface area contributed by atoms with Crippen LogP contribution in [0.4, 0.5) is 0 Å². The Labute approximate surface area is 134 Å². The third kappa shape index (κ3) is 2.88. The molecule has 0 fully saturated rings. The molecule has 0 saturated carbocycles. The van der Waals surface area contributed by atoms with Crippen LogP contribution in [0.15, 0.2) is 46.9 Å². The van der Waals surface area contributed by atoms with Gasteiger partial charge in [0.25, 0.3) is 0 Å². The first kappa shape index (κ1) is 14.0. The molecule has 5 heteroatoms. The topological polar surface area (TPSA) is 38.9 Å². The maximum absolute atomic E-state index is 6.26. The number of aromatic nitrogens is 1. The van der Waals surface area contributed by atoms with Gasteiger partial charge in [0, 0.05) is 16.9 Å². The van der Waals surface area contributed by atoms with E-state index in [1.165, 1.54) is 4.70 Å². The first-order chi connectivity index (χ1) is 9.63. The lowest BCUT2D eigenvalue weighted by Gasteiger charge is -2.11. The molecule has 0 saturated heterocycles. The minimum Gasteiger partial charge on any atom is -0.324 e. The van der Waals surface area contributed by atoms with Crippen molar-refractivity contribution in [3.8, 4) is 0 Å². The summed E-state index contributed by atoms with van der Waals surface area (Å²) in [7, 11) is 0. The summed E-state index contributed by atoms with van der Waals surface area (Å²) in [6.45, 7) is 0. The van der Waals surface area contributed by atoms with Gasteiger partial charge in [-0.25, -0.2) is 4.98 Å². The van der Waals surface area contributed by atoms with Crippen LogP contribution in [0, 0.1) is 0 Å². The van der Waals surface area contributed by atoms with Crippen LogP contribution in [0.3, 0.4) is 0 Å². The molecule has 0 amide bonds. The van der Waals surface area contributed by atoms with Crippen molar-refractivity contribution in [2.45, 2.75) is 12.5 Å². The van der Waals surface area contributed by atoms with E-state index in [4.69, 9.17) is 17.3 Å². The normalized spacial score (nSPS) is 12.8. The summed E-state index contributed by atoms with van der Waals surface area (Å²) in [4.78, 5) is 4.61. The second kappa shape index (κ2) is 5.82. The summed E-state index contributed by atoms with van der Waals surface area (Å²) in [6, 6.07) is 13.9. The van der Waals surface area contributed by atoms with Crippen LogP contribution in [0.25, 0.3) is 10.2 Å². The molecule has 0 aliphatic heterocycles. The Balaban J connectivity index is 1.84. The average molecular weight is 368 g/mol. The van der Waals surface area contributed by atoms with E-state index in [1.54, 1.807) is 11.3 Å². The Morgan fingerprint density at radius 1 is 1.25 bits per heavy atom. The van der Waals surface area contributed by atoms with Crippen molar-refractivity contribution in [2.24, 2.45) is 5.73 Å². The molecule has 0 bridgehead atoms. The Hall–Kier alpha value is -0.940. The summed E-state index contributed by atoms with van der Waals surface area (Å²) in [5.41, 5.74) is 8.32. The SMILES string of the molecule is NC(Cc1nc2ccccc2s1)c1ccc(Br)c(Cl)c1. The summed E-state index contributed by atoms with van der Waals surface area (Å²) < 4.78 is 2.08. The molecule has 1 unspecified atom stereocenters. The van der Waals surface area contributed by atoms with E-state index >= 15 is 0 Å². The molecule has 0 aliphatic carbocycles. The number of nitrogens with zero attached hydrogens (tertiary/aromatic N) is 1. The molecule has 0 radical (unpaired) electrons. The van der Waals surface area contributed by atoms with Crippen LogP contribution in [-0.2, 0) is 6.42 Å². The summed E-state index contributed by atoms with van der Waals surface area (Å²) in [5, 5.41) is 1.74. The van der Waals surface area contributed by atoms with Crippen LogP contribution in [0.2, 0.25) is 5.02 Å². The van der Waals surface area contributed by atoms with Gasteiger partial charge < -0.3 is 5.73 Å². The number of hydrogen-bond acceptors (Lipinski definition) is 3. The van der Waals surface area contributed by atoms with Gasteiger partial charge in [0.05, 0.1) is 20.2 Å². The van der Waals surface area contributed by atoms with Gasteiger partial charge in [-0.2, -0.15) is 0 Å². The molecule has 1 aromatic heterocycles. The van der Waals surface area contributed by atoms with E-state index in [1.807, 2.05) is 36.4 Å². The van der Waals surface area contributed by atoms with Crippen molar-refractivity contribution in [3.05, 3.63) is 62.5 Å². The van der Waals surface area contributed by atoms with Gasteiger partial charge in [0.1, 0.15) is 0 Å². The number of thiazole rings is 1. The first-order valence-corrected chi connectivity index (χ1v) is 8.17. The van der Waals surface area contributed by atoms with Gasteiger partial charge in [-0.1, -0.05) is 29.8 Å². The Bertz CT molecular complexity index is 723. The second-order valence-electron chi connectivity index (χ2n) is 4.56. The molecule has 3 aromatic rings. The highest BCUT2D eigenvalue weighted by Crippen LogP contribution is 2.28. The van der Waals surface area contributed by atoms with E-state index in [0.717, 1.165) is 27.0 Å². The quantitative estimate of drug-likeness (QED) is 0.711. The van der Waals surface area contributed by atoms with Crippen molar-refractivity contribution in [2.75, 3.05) is 0 Å². The number of halogens is 2. The molecule has 102 valence electrons. The van der Waals surface area contributed by atoms with Gasteiger partial charge >= 0.3 is 0 Å². The van der Waals surface area contributed by atoms with Crippen molar-refractivity contribution in [3.63, 3.8) is 0 Å². The molecular weight excluding hydrogens is 356 g/mol. The Morgan fingerprint density at radius 3 is 2.80 bits per heavy atom. The van der Waals surface area contributed by atoms with E-state index in [0.29, 0.717) is 5.02 Å². The van der Waals surface area contributed by atoms with E-state index in [9.17, 15) is 0 Å². The predicted molar refractivity (Wildman–Crippen MR) is 89.4 cm³/mol. The maximum Gasteiger partial charge on any atom is 0.0957 e. The summed E-state index contributed by atoms with van der Waals surface area (Å²) >= 11 is 11.2. The smallest absolute Gasteiger partial charge is 0.0957 e. The fraction of sp³-hybridized carbons (Fsp3) is 0.133. The van der Waals surface area contributed by atoms with Crippen molar-refractivity contribution >= 4 is 49.1 Å². The largest absolute Gasteiger partial charge is 0.324 e. The molecule has 2 nitrogen and oxygen atoms in total. The van der Waals surface area contributed by atoms with Crippen molar-refractivity contribution in [1.82, 2.24) is 4.98 Å². The lowest BCUT2D eigenvalue weighted by molar-refractivity contribution is 0.719. The van der Waals surface area contributed by atoms with Crippen LogP contribution in [0.1, 0.15) is 16.6 Å². The Morgan fingerprint density at radius 2 is 2.05 bits per heavy atom. The molecule has 20 heavy (non-hydrogen) atoms. The highest BCUT2D eigenvalue weighted by atomic mass is 79.9. The number of fused-ring (bicyclic) bond motifs is 1. The highest BCUT2D eigenvalue weighted by molar-refractivity contribution is 9.10. The Kier molecular flexibility index (Phi) is 4.08. The summed E-state index contributed by atoms with van der Waals surface area (Å²) in [6.07, 6.45) is 0.720. The minimum absolute atomic E-state index is 0.0961. The molecule has 1 atom stereocenters. The standard InChI is InChI=1S/C15H12BrClN2S/c16-10-6-5-9(7-11(10)17)12(18)8-15-19-13-3-1-2-4-14(13)20-15/h1-7,12H,8,18H2. The van der Waals surface area contributed by atoms with Gasteiger partial charge in [-0.3, -0.25) is 0 Å². The maximum atomic E-state index is 6.26. The predicted octanol–water partition coefficient (Wildman–Crippen LogP) is 4.95. The molecule has 1 heterocycles. The number of rotatable bonds is 3. The van der Waals surface area contributed by atoms with Gasteiger partial charge in [0.2, 0.25) is 0 Å². The van der Waals surface area contributed by atoms with Crippen molar-refractivity contribution < 1.29 is 0 Å². The third-order valence-corrected chi connectivity index (χ3v) is 5.40. The average Bonchev–Trinajstić information content (AvgIpc) is 2.83. The minimum atomic E-state index is -0.0961. The first-order valence-electron chi connectivity index (χ1n) is 6.18. The third-order valence-electron chi connectivity index (χ3n) is 3.10. The molecule has 0 spiro atoms. The molecule has 0 aliphatic rings. The number of benzene rings is 2. The number of para-hydroxylation sites is 1. The zero-order valence-corrected chi connectivity index (χ0v) is 13.7. The fourth-order valence-corrected chi connectivity index (χ4v) is 3.52. The monoisotopic (exact) mass is 366 g/mol. The molecule has 2 N–H and O–H groups in total. The van der Waals surface area contributed by atoms with E-state index in [-0.39, 0.29) is 6.04 Å². The zero-order valence-electron chi connectivity index (χ0n) is 10.5. The number of hydrogen-bond donors (Lipinski definition) is 1.